The Kier molecular flexibility index (Phi) is 7.01. The third-order valence-corrected chi connectivity index (χ3v) is 7.01. The first-order chi connectivity index (χ1) is 19.9. The van der Waals surface area contributed by atoms with Crippen LogP contribution < -0.4 is 10.1 Å². The van der Waals surface area contributed by atoms with Gasteiger partial charge in [-0.15, -0.1) is 0 Å². The Bertz CT molecular complexity index is 1720. The predicted molar refractivity (Wildman–Crippen MR) is 144 cm³/mol. The second-order valence-electron chi connectivity index (χ2n) is 9.49. The van der Waals surface area contributed by atoms with Gasteiger partial charge >= 0.3 is 6.61 Å². The molecule has 2 N–H and O–H groups in total. The standard InChI is InChI=1S/C26H26F2N10O3/c1-2-35-6-8-36(9-7-35)22(39)15-37-14-20(32-25(40)18-13-31-38-5-3-4-29-24(18)38)23(34-37)17-10-16-12-30-33-19(16)11-21(17)41-26(27)28/h3-5,10-14,26H,2,6-9,15H2,1H3,(H,30,33)(H,32,40). The van der Waals surface area contributed by atoms with Crippen molar-refractivity contribution in [3.8, 4) is 17.0 Å². The van der Waals surface area contributed by atoms with Gasteiger partial charge in [-0.25, -0.2) is 9.50 Å². The van der Waals surface area contributed by atoms with Crippen molar-refractivity contribution < 1.29 is 23.1 Å². The number of halogens is 2. The van der Waals surface area contributed by atoms with Crippen LogP contribution in [0.15, 0.2) is 49.2 Å². The highest BCUT2D eigenvalue weighted by molar-refractivity contribution is 6.09. The summed E-state index contributed by atoms with van der Waals surface area (Å²) < 4.78 is 34.5. The average Bonchev–Trinajstić information content (AvgIpc) is 3.70. The van der Waals surface area contributed by atoms with E-state index in [-0.39, 0.29) is 40.7 Å². The molecule has 0 unspecified atom stereocenters. The molecule has 212 valence electrons. The van der Waals surface area contributed by atoms with Gasteiger partial charge < -0.3 is 19.9 Å². The minimum absolute atomic E-state index is 0.105. The minimum Gasteiger partial charge on any atom is -0.434 e. The van der Waals surface area contributed by atoms with Gasteiger partial charge in [0, 0.05) is 61.8 Å². The largest absolute Gasteiger partial charge is 0.434 e. The van der Waals surface area contributed by atoms with Gasteiger partial charge in [-0.1, -0.05) is 6.92 Å². The lowest BCUT2D eigenvalue weighted by molar-refractivity contribution is -0.133. The molecule has 15 heteroatoms. The molecule has 13 nitrogen and oxygen atoms in total. The van der Waals surface area contributed by atoms with Crippen LogP contribution in [-0.4, -0.2) is 95.5 Å². The highest BCUT2D eigenvalue weighted by Crippen LogP contribution is 2.38. The number of hydrogen-bond acceptors (Lipinski definition) is 8. The maximum atomic E-state index is 13.4. The first-order valence-electron chi connectivity index (χ1n) is 13.0. The maximum absolute atomic E-state index is 13.4. The number of H-pyrrole nitrogens is 1. The zero-order chi connectivity index (χ0) is 28.5. The molecule has 1 aliphatic rings. The summed E-state index contributed by atoms with van der Waals surface area (Å²) in [6.07, 6.45) is 7.60. The van der Waals surface area contributed by atoms with E-state index in [0.29, 0.717) is 29.6 Å². The van der Waals surface area contributed by atoms with Crippen molar-refractivity contribution in [1.29, 1.82) is 0 Å². The molecule has 4 aromatic heterocycles. The summed E-state index contributed by atoms with van der Waals surface area (Å²) in [5.41, 5.74) is 1.54. The van der Waals surface area contributed by atoms with E-state index in [2.05, 4.69) is 42.5 Å². The lowest BCUT2D eigenvalue weighted by Gasteiger charge is -2.34. The van der Waals surface area contributed by atoms with Crippen LogP contribution in [0.1, 0.15) is 17.3 Å². The molecule has 0 bridgehead atoms. The van der Waals surface area contributed by atoms with Gasteiger partial charge in [-0.05, 0) is 18.7 Å². The number of fused-ring (bicyclic) bond motifs is 2. The number of alkyl halides is 2. The van der Waals surface area contributed by atoms with E-state index in [0.717, 1.165) is 19.6 Å². The molecule has 0 spiro atoms. The molecule has 5 aromatic rings. The lowest BCUT2D eigenvalue weighted by atomic mass is 10.1. The first-order valence-corrected chi connectivity index (χ1v) is 13.0. The minimum atomic E-state index is -3.11. The van der Waals surface area contributed by atoms with E-state index in [1.165, 1.54) is 40.1 Å². The number of hydrogen-bond donors (Lipinski definition) is 2. The number of carbonyl (C=O) groups is 2. The molecule has 1 aliphatic heterocycles. The summed E-state index contributed by atoms with van der Waals surface area (Å²) in [4.78, 5) is 34.7. The molecular weight excluding hydrogens is 538 g/mol. The zero-order valence-corrected chi connectivity index (χ0v) is 22.0. The highest BCUT2D eigenvalue weighted by Gasteiger charge is 2.25. The summed E-state index contributed by atoms with van der Waals surface area (Å²) in [6, 6.07) is 4.66. The number of nitrogens with zero attached hydrogens (tertiary/aromatic N) is 8. The van der Waals surface area contributed by atoms with Gasteiger partial charge in [-0.3, -0.25) is 19.4 Å². The van der Waals surface area contributed by atoms with Gasteiger partial charge in [0.15, 0.2) is 5.65 Å². The van der Waals surface area contributed by atoms with Gasteiger partial charge in [0.1, 0.15) is 23.6 Å². The molecule has 1 saturated heterocycles. The van der Waals surface area contributed by atoms with Crippen molar-refractivity contribution in [2.24, 2.45) is 0 Å². The van der Waals surface area contributed by atoms with Crippen molar-refractivity contribution >= 4 is 34.1 Å². The number of benzene rings is 1. The Morgan fingerprint density at radius 3 is 2.78 bits per heavy atom. The Balaban J connectivity index is 1.37. The molecule has 1 aromatic carbocycles. The fourth-order valence-electron chi connectivity index (χ4n) is 4.87. The van der Waals surface area contributed by atoms with Crippen LogP contribution in [-0.2, 0) is 11.3 Å². The first kappa shape index (κ1) is 26.3. The highest BCUT2D eigenvalue weighted by atomic mass is 19.3. The molecule has 1 fully saturated rings. The number of piperazine rings is 1. The number of carbonyl (C=O) groups excluding carboxylic acids is 2. The van der Waals surface area contributed by atoms with Crippen LogP contribution >= 0.6 is 0 Å². The number of ether oxygens (including phenoxy) is 1. The van der Waals surface area contributed by atoms with Crippen molar-refractivity contribution in [2.45, 2.75) is 20.1 Å². The molecule has 2 amide bonds. The third kappa shape index (κ3) is 5.30. The van der Waals surface area contributed by atoms with Gasteiger partial charge in [0.05, 0.1) is 23.6 Å². The molecular formula is C26H26F2N10O3. The number of aromatic nitrogens is 7. The van der Waals surface area contributed by atoms with E-state index in [9.17, 15) is 18.4 Å². The number of rotatable bonds is 8. The van der Waals surface area contributed by atoms with E-state index >= 15 is 0 Å². The number of likely N-dealkylation sites (N-methyl/N-ethyl adjacent to an activating group) is 1. The second-order valence-corrected chi connectivity index (χ2v) is 9.49. The van der Waals surface area contributed by atoms with Crippen molar-refractivity contribution in [1.82, 2.24) is 44.4 Å². The van der Waals surface area contributed by atoms with E-state index in [1.54, 1.807) is 23.2 Å². The van der Waals surface area contributed by atoms with Gasteiger partial charge in [0.2, 0.25) is 5.91 Å². The van der Waals surface area contributed by atoms with Crippen molar-refractivity contribution in [3.05, 3.63) is 54.7 Å². The Labute approximate surface area is 231 Å². The Hall–Kier alpha value is -4.92. The number of amides is 2. The molecule has 6 rings (SSSR count). The number of aromatic amines is 1. The van der Waals surface area contributed by atoms with Crippen LogP contribution in [0.2, 0.25) is 0 Å². The normalized spacial score (nSPS) is 14.3. The van der Waals surface area contributed by atoms with Crippen LogP contribution in [0, 0.1) is 0 Å². The fourth-order valence-corrected chi connectivity index (χ4v) is 4.87. The monoisotopic (exact) mass is 564 g/mol. The molecule has 0 atom stereocenters. The summed E-state index contributed by atoms with van der Waals surface area (Å²) in [5, 5.41) is 18.8. The molecule has 0 aliphatic carbocycles. The molecule has 0 saturated carbocycles. The lowest BCUT2D eigenvalue weighted by Crippen LogP contribution is -2.49. The molecule has 5 heterocycles. The second kappa shape index (κ2) is 10.9. The van der Waals surface area contributed by atoms with Crippen molar-refractivity contribution in [2.75, 3.05) is 38.0 Å². The third-order valence-electron chi connectivity index (χ3n) is 7.01. The quantitative estimate of drug-likeness (QED) is 0.293. The number of anilines is 1. The average molecular weight is 565 g/mol. The maximum Gasteiger partial charge on any atom is 0.387 e. The van der Waals surface area contributed by atoms with Crippen LogP contribution in [0.25, 0.3) is 27.8 Å². The molecule has 0 radical (unpaired) electrons. The van der Waals surface area contributed by atoms with E-state index < -0.39 is 12.5 Å². The van der Waals surface area contributed by atoms with Crippen molar-refractivity contribution in [3.63, 3.8) is 0 Å². The van der Waals surface area contributed by atoms with Crippen LogP contribution in [0.5, 0.6) is 5.75 Å². The van der Waals surface area contributed by atoms with Crippen LogP contribution in [0.3, 0.4) is 0 Å². The van der Waals surface area contributed by atoms with Crippen LogP contribution in [0.4, 0.5) is 14.5 Å². The predicted octanol–water partition coefficient (Wildman–Crippen LogP) is 2.49. The Morgan fingerprint density at radius 2 is 2.00 bits per heavy atom. The summed E-state index contributed by atoms with van der Waals surface area (Å²) in [7, 11) is 0. The van der Waals surface area contributed by atoms with Gasteiger partial charge in [-0.2, -0.15) is 24.1 Å². The summed E-state index contributed by atoms with van der Waals surface area (Å²) in [5.74, 6) is -0.853. The van der Waals surface area contributed by atoms with E-state index in [1.807, 2.05) is 0 Å². The summed E-state index contributed by atoms with van der Waals surface area (Å²) in [6.45, 7) is 2.52. The van der Waals surface area contributed by atoms with E-state index in [4.69, 9.17) is 4.74 Å². The smallest absolute Gasteiger partial charge is 0.387 e. The molecule has 41 heavy (non-hydrogen) atoms. The summed E-state index contributed by atoms with van der Waals surface area (Å²) >= 11 is 0. The zero-order valence-electron chi connectivity index (χ0n) is 22.0. The van der Waals surface area contributed by atoms with Gasteiger partial charge in [0.25, 0.3) is 5.91 Å². The number of nitrogens with one attached hydrogen (secondary N) is 2. The Morgan fingerprint density at radius 1 is 1.17 bits per heavy atom. The topological polar surface area (TPSA) is 139 Å². The SMILES string of the molecule is CCN1CCN(C(=O)Cn2cc(NC(=O)c3cnn4cccnc34)c(-c3cc4cn[nH]c4cc3OC(F)F)n2)CC1. The fraction of sp³-hybridized carbons (Fsp3) is 0.308.